The summed E-state index contributed by atoms with van der Waals surface area (Å²) in [5, 5.41) is 13.7. The molecule has 2 atom stereocenters. The van der Waals surface area contributed by atoms with Crippen LogP contribution in [0.15, 0.2) is 12.3 Å². The first-order valence-corrected chi connectivity index (χ1v) is 4.83. The van der Waals surface area contributed by atoms with Crippen LogP contribution in [-0.2, 0) is 18.2 Å². The molecule has 0 saturated carbocycles. The number of ether oxygens (including phenoxy) is 1. The molecule has 14 heavy (non-hydrogen) atoms. The average molecular weight is 198 g/mol. The minimum atomic E-state index is -0.408. The third-order valence-corrected chi connectivity index (χ3v) is 2.53. The Morgan fingerprint density at radius 2 is 2.36 bits per heavy atom. The van der Waals surface area contributed by atoms with Crippen molar-refractivity contribution in [3.05, 3.63) is 18.0 Å². The third kappa shape index (κ3) is 2.82. The van der Waals surface area contributed by atoms with Gasteiger partial charge in [0.15, 0.2) is 0 Å². The largest absolute Gasteiger partial charge is 0.390 e. The van der Waals surface area contributed by atoms with E-state index in [2.05, 4.69) is 5.10 Å². The van der Waals surface area contributed by atoms with Gasteiger partial charge in [-0.1, -0.05) is 0 Å². The van der Waals surface area contributed by atoms with Crippen LogP contribution in [0.3, 0.4) is 0 Å². The maximum atomic E-state index is 9.65. The fraction of sp³-hybridized carbons (Fsp3) is 0.700. The predicted octanol–water partition coefficient (Wildman–Crippen LogP) is 0.748. The van der Waals surface area contributed by atoms with E-state index in [0.29, 0.717) is 6.42 Å². The molecule has 1 rings (SSSR count). The van der Waals surface area contributed by atoms with Crippen LogP contribution in [0.2, 0.25) is 0 Å². The lowest BCUT2D eigenvalue weighted by Gasteiger charge is -2.16. The zero-order valence-corrected chi connectivity index (χ0v) is 8.97. The van der Waals surface area contributed by atoms with Crippen LogP contribution in [0.25, 0.3) is 0 Å². The van der Waals surface area contributed by atoms with Gasteiger partial charge in [-0.05, 0) is 25.8 Å². The zero-order valence-electron chi connectivity index (χ0n) is 8.97. The van der Waals surface area contributed by atoms with Crippen LogP contribution in [0.4, 0.5) is 0 Å². The number of nitrogens with zero attached hydrogens (tertiary/aromatic N) is 2. The summed E-state index contributed by atoms with van der Waals surface area (Å²) in [7, 11) is 3.51. The van der Waals surface area contributed by atoms with E-state index < -0.39 is 6.10 Å². The third-order valence-electron chi connectivity index (χ3n) is 2.53. The molecular weight excluding hydrogens is 180 g/mol. The monoisotopic (exact) mass is 198 g/mol. The summed E-state index contributed by atoms with van der Waals surface area (Å²) in [4.78, 5) is 0. The van der Waals surface area contributed by atoms with Crippen molar-refractivity contribution >= 4 is 0 Å². The first-order valence-electron chi connectivity index (χ1n) is 4.83. The molecule has 0 aliphatic carbocycles. The summed E-state index contributed by atoms with van der Waals surface area (Å²) < 4.78 is 6.86. The van der Waals surface area contributed by atoms with Gasteiger partial charge < -0.3 is 9.84 Å². The van der Waals surface area contributed by atoms with Gasteiger partial charge in [0.2, 0.25) is 0 Å². The highest BCUT2D eigenvalue weighted by Crippen LogP contribution is 2.07. The average Bonchev–Trinajstić information content (AvgIpc) is 2.59. The fourth-order valence-electron chi connectivity index (χ4n) is 1.33. The number of aryl methyl sites for hydroxylation is 2. The van der Waals surface area contributed by atoms with E-state index in [4.69, 9.17) is 4.74 Å². The molecule has 0 fully saturated rings. The quantitative estimate of drug-likeness (QED) is 0.759. The van der Waals surface area contributed by atoms with Gasteiger partial charge in [0.25, 0.3) is 0 Å². The SMILES string of the molecule is COC(C)C(O)CCc1ccnn1C. The van der Waals surface area contributed by atoms with Crippen molar-refractivity contribution in [2.45, 2.75) is 32.0 Å². The van der Waals surface area contributed by atoms with E-state index in [1.165, 1.54) is 0 Å². The second kappa shape index (κ2) is 5.12. The summed E-state index contributed by atoms with van der Waals surface area (Å²) in [5.41, 5.74) is 1.13. The van der Waals surface area contributed by atoms with Crippen LogP contribution in [0, 0.1) is 0 Å². The minimum Gasteiger partial charge on any atom is -0.390 e. The lowest BCUT2D eigenvalue weighted by Crippen LogP contribution is -2.25. The molecule has 80 valence electrons. The van der Waals surface area contributed by atoms with Crippen molar-refractivity contribution in [2.24, 2.45) is 7.05 Å². The van der Waals surface area contributed by atoms with Gasteiger partial charge in [0, 0.05) is 26.0 Å². The maximum Gasteiger partial charge on any atom is 0.0802 e. The number of methoxy groups -OCH3 is 1. The predicted molar refractivity (Wildman–Crippen MR) is 54.0 cm³/mol. The van der Waals surface area contributed by atoms with Crippen LogP contribution < -0.4 is 0 Å². The molecule has 0 bridgehead atoms. The standard InChI is InChI=1S/C10H18N2O2/c1-8(14-3)10(13)5-4-9-6-7-11-12(9)2/h6-8,10,13H,4-5H2,1-3H3. The lowest BCUT2D eigenvalue weighted by molar-refractivity contribution is -0.00413. The lowest BCUT2D eigenvalue weighted by atomic mass is 10.1. The first kappa shape index (κ1) is 11.2. The molecule has 0 aromatic carbocycles. The fourth-order valence-corrected chi connectivity index (χ4v) is 1.33. The van der Waals surface area contributed by atoms with Crippen molar-refractivity contribution in [3.8, 4) is 0 Å². The molecule has 0 amide bonds. The highest BCUT2D eigenvalue weighted by Gasteiger charge is 2.13. The van der Waals surface area contributed by atoms with Gasteiger partial charge in [-0.2, -0.15) is 5.10 Å². The van der Waals surface area contributed by atoms with E-state index in [9.17, 15) is 5.11 Å². The summed E-state index contributed by atoms with van der Waals surface area (Å²) >= 11 is 0. The Balaban J connectivity index is 2.37. The number of aliphatic hydroxyl groups is 1. The van der Waals surface area contributed by atoms with Gasteiger partial charge >= 0.3 is 0 Å². The van der Waals surface area contributed by atoms with Gasteiger partial charge in [-0.3, -0.25) is 4.68 Å². The number of hydrogen-bond donors (Lipinski definition) is 1. The summed E-state index contributed by atoms with van der Waals surface area (Å²) in [6.45, 7) is 1.87. The Bertz CT molecular complexity index is 273. The molecule has 0 aliphatic heterocycles. The zero-order chi connectivity index (χ0) is 10.6. The molecule has 1 heterocycles. The van der Waals surface area contributed by atoms with Crippen LogP contribution in [0.5, 0.6) is 0 Å². The topological polar surface area (TPSA) is 47.3 Å². The molecule has 4 nitrogen and oxygen atoms in total. The van der Waals surface area contributed by atoms with E-state index in [0.717, 1.165) is 12.1 Å². The molecule has 1 aromatic rings. The van der Waals surface area contributed by atoms with E-state index in [-0.39, 0.29) is 6.10 Å². The molecule has 4 heteroatoms. The van der Waals surface area contributed by atoms with Crippen molar-refractivity contribution in [1.29, 1.82) is 0 Å². The Morgan fingerprint density at radius 3 is 2.86 bits per heavy atom. The molecule has 2 unspecified atom stereocenters. The van der Waals surface area contributed by atoms with Gasteiger partial charge in [-0.15, -0.1) is 0 Å². The second-order valence-electron chi connectivity index (χ2n) is 3.49. The summed E-state index contributed by atoms with van der Waals surface area (Å²) in [6.07, 6.45) is 2.78. The van der Waals surface area contributed by atoms with Gasteiger partial charge in [0.05, 0.1) is 12.2 Å². The Morgan fingerprint density at radius 1 is 1.64 bits per heavy atom. The molecule has 0 aliphatic rings. The number of hydrogen-bond acceptors (Lipinski definition) is 3. The van der Waals surface area contributed by atoms with Crippen molar-refractivity contribution in [3.63, 3.8) is 0 Å². The maximum absolute atomic E-state index is 9.65. The van der Waals surface area contributed by atoms with E-state index in [1.54, 1.807) is 13.3 Å². The normalized spacial score (nSPS) is 15.4. The number of rotatable bonds is 5. The molecule has 0 radical (unpaired) electrons. The Hall–Kier alpha value is -0.870. The summed E-state index contributed by atoms with van der Waals surface area (Å²) in [6, 6.07) is 1.96. The van der Waals surface area contributed by atoms with Crippen molar-refractivity contribution in [2.75, 3.05) is 7.11 Å². The second-order valence-corrected chi connectivity index (χ2v) is 3.49. The molecular formula is C10H18N2O2. The molecule has 1 aromatic heterocycles. The Kier molecular flexibility index (Phi) is 4.10. The smallest absolute Gasteiger partial charge is 0.0802 e. The summed E-state index contributed by atoms with van der Waals surface area (Å²) in [5.74, 6) is 0. The van der Waals surface area contributed by atoms with E-state index in [1.807, 2.05) is 24.7 Å². The van der Waals surface area contributed by atoms with Crippen molar-refractivity contribution < 1.29 is 9.84 Å². The number of aromatic nitrogens is 2. The molecule has 1 N–H and O–H groups in total. The van der Waals surface area contributed by atoms with Crippen LogP contribution in [-0.4, -0.2) is 34.2 Å². The Labute approximate surface area is 84.5 Å². The highest BCUT2D eigenvalue weighted by molar-refractivity contribution is 5.00. The van der Waals surface area contributed by atoms with Crippen molar-refractivity contribution in [1.82, 2.24) is 9.78 Å². The first-order chi connectivity index (χ1) is 6.65. The van der Waals surface area contributed by atoms with Gasteiger partial charge in [-0.25, -0.2) is 0 Å². The molecule has 0 spiro atoms. The van der Waals surface area contributed by atoms with Crippen LogP contribution >= 0.6 is 0 Å². The van der Waals surface area contributed by atoms with Crippen LogP contribution in [0.1, 0.15) is 19.0 Å². The minimum absolute atomic E-state index is 0.108. The van der Waals surface area contributed by atoms with Gasteiger partial charge in [0.1, 0.15) is 0 Å². The van der Waals surface area contributed by atoms with E-state index >= 15 is 0 Å². The number of aliphatic hydroxyl groups excluding tert-OH is 1. The highest BCUT2D eigenvalue weighted by atomic mass is 16.5. The molecule has 0 saturated heterocycles.